The van der Waals surface area contributed by atoms with E-state index in [2.05, 4.69) is 36.1 Å². The molecule has 2 nitrogen and oxygen atoms in total. The molecule has 0 saturated heterocycles. The second-order valence-electron chi connectivity index (χ2n) is 5.49. The molecular formula is C17H19FN2. The van der Waals surface area contributed by atoms with Crippen molar-refractivity contribution in [2.75, 3.05) is 0 Å². The molecule has 1 aliphatic heterocycles. The van der Waals surface area contributed by atoms with Crippen LogP contribution in [0.15, 0.2) is 48.5 Å². The van der Waals surface area contributed by atoms with Crippen LogP contribution in [0.3, 0.4) is 0 Å². The molecule has 0 spiro atoms. The van der Waals surface area contributed by atoms with Gasteiger partial charge in [-0.3, -0.25) is 4.90 Å². The maximum absolute atomic E-state index is 13.0. The van der Waals surface area contributed by atoms with Gasteiger partial charge in [0.15, 0.2) is 0 Å². The zero-order chi connectivity index (χ0) is 14.1. The Labute approximate surface area is 119 Å². The van der Waals surface area contributed by atoms with E-state index in [1.54, 1.807) is 12.1 Å². The Kier molecular flexibility index (Phi) is 3.55. The molecule has 104 valence electrons. The standard InChI is InChI=1S/C17H19FN2/c1-12(17(19)13-6-8-16(18)9-7-13)20-10-14-4-2-3-5-15(14)11-20/h2-9,12,17H,10-11,19H2,1H3. The van der Waals surface area contributed by atoms with Gasteiger partial charge in [-0.1, -0.05) is 36.4 Å². The minimum atomic E-state index is -0.220. The van der Waals surface area contributed by atoms with Gasteiger partial charge in [0.2, 0.25) is 0 Å². The fourth-order valence-corrected chi connectivity index (χ4v) is 2.84. The lowest BCUT2D eigenvalue weighted by Gasteiger charge is -2.29. The van der Waals surface area contributed by atoms with Crippen LogP contribution >= 0.6 is 0 Å². The van der Waals surface area contributed by atoms with Gasteiger partial charge in [0, 0.05) is 25.2 Å². The van der Waals surface area contributed by atoms with Crippen LogP contribution in [-0.2, 0) is 13.1 Å². The van der Waals surface area contributed by atoms with E-state index in [1.165, 1.54) is 23.3 Å². The molecule has 3 rings (SSSR count). The van der Waals surface area contributed by atoms with Gasteiger partial charge in [0.25, 0.3) is 0 Å². The van der Waals surface area contributed by atoms with E-state index in [-0.39, 0.29) is 17.9 Å². The Morgan fingerprint density at radius 2 is 1.55 bits per heavy atom. The van der Waals surface area contributed by atoms with Crippen molar-refractivity contribution in [2.45, 2.75) is 32.1 Å². The van der Waals surface area contributed by atoms with Crippen molar-refractivity contribution in [1.82, 2.24) is 4.90 Å². The second-order valence-corrected chi connectivity index (χ2v) is 5.49. The third-order valence-electron chi connectivity index (χ3n) is 4.22. The Hall–Kier alpha value is -1.71. The van der Waals surface area contributed by atoms with Crippen LogP contribution < -0.4 is 5.73 Å². The van der Waals surface area contributed by atoms with Gasteiger partial charge in [0.1, 0.15) is 5.82 Å². The van der Waals surface area contributed by atoms with Crippen LogP contribution in [-0.4, -0.2) is 10.9 Å². The predicted octanol–water partition coefficient (Wildman–Crippen LogP) is 3.23. The highest BCUT2D eigenvalue weighted by atomic mass is 19.1. The molecular weight excluding hydrogens is 251 g/mol. The first-order valence-corrected chi connectivity index (χ1v) is 6.97. The number of hydrogen-bond donors (Lipinski definition) is 1. The van der Waals surface area contributed by atoms with Crippen LogP contribution in [0.2, 0.25) is 0 Å². The summed E-state index contributed by atoms with van der Waals surface area (Å²) in [5.74, 6) is -0.220. The molecule has 2 N–H and O–H groups in total. The van der Waals surface area contributed by atoms with Crippen LogP contribution in [0.1, 0.15) is 29.7 Å². The van der Waals surface area contributed by atoms with Crippen LogP contribution in [0, 0.1) is 5.82 Å². The summed E-state index contributed by atoms with van der Waals surface area (Å²) in [5, 5.41) is 0. The molecule has 2 atom stereocenters. The average Bonchev–Trinajstić information content (AvgIpc) is 2.90. The number of halogens is 1. The van der Waals surface area contributed by atoms with E-state index >= 15 is 0 Å². The molecule has 0 radical (unpaired) electrons. The summed E-state index contributed by atoms with van der Waals surface area (Å²) in [4.78, 5) is 2.37. The maximum Gasteiger partial charge on any atom is 0.123 e. The molecule has 1 heterocycles. The van der Waals surface area contributed by atoms with Gasteiger partial charge >= 0.3 is 0 Å². The first-order chi connectivity index (χ1) is 9.65. The highest BCUT2D eigenvalue weighted by molar-refractivity contribution is 5.31. The van der Waals surface area contributed by atoms with Crippen molar-refractivity contribution >= 4 is 0 Å². The number of rotatable bonds is 3. The summed E-state index contributed by atoms with van der Waals surface area (Å²) < 4.78 is 13.0. The second kappa shape index (κ2) is 5.35. The first-order valence-electron chi connectivity index (χ1n) is 6.97. The van der Waals surface area contributed by atoms with E-state index in [4.69, 9.17) is 5.73 Å². The van der Waals surface area contributed by atoms with Crippen molar-refractivity contribution in [3.63, 3.8) is 0 Å². The van der Waals surface area contributed by atoms with Crippen molar-refractivity contribution in [3.05, 3.63) is 71.0 Å². The topological polar surface area (TPSA) is 29.3 Å². The number of fused-ring (bicyclic) bond motifs is 1. The molecule has 1 aliphatic rings. The maximum atomic E-state index is 13.0. The number of nitrogens with zero attached hydrogens (tertiary/aromatic N) is 1. The monoisotopic (exact) mass is 270 g/mol. The average molecular weight is 270 g/mol. The molecule has 0 aromatic heterocycles. The molecule has 20 heavy (non-hydrogen) atoms. The molecule has 0 aliphatic carbocycles. The molecule has 0 saturated carbocycles. The third kappa shape index (κ3) is 2.47. The Morgan fingerprint density at radius 1 is 1.00 bits per heavy atom. The number of hydrogen-bond acceptors (Lipinski definition) is 2. The van der Waals surface area contributed by atoms with E-state index in [0.717, 1.165) is 18.7 Å². The minimum Gasteiger partial charge on any atom is -0.323 e. The molecule has 2 unspecified atom stereocenters. The predicted molar refractivity (Wildman–Crippen MR) is 78.5 cm³/mol. The fraction of sp³-hybridized carbons (Fsp3) is 0.294. The van der Waals surface area contributed by atoms with Crippen molar-refractivity contribution in [3.8, 4) is 0 Å². The summed E-state index contributed by atoms with van der Waals surface area (Å²) in [7, 11) is 0. The van der Waals surface area contributed by atoms with Crippen LogP contribution in [0.25, 0.3) is 0 Å². The highest BCUT2D eigenvalue weighted by Gasteiger charge is 2.27. The van der Waals surface area contributed by atoms with Gasteiger partial charge in [0.05, 0.1) is 0 Å². The van der Waals surface area contributed by atoms with Gasteiger partial charge in [-0.2, -0.15) is 0 Å². The van der Waals surface area contributed by atoms with Gasteiger partial charge in [-0.05, 0) is 35.7 Å². The molecule has 2 aromatic rings. The number of benzene rings is 2. The molecule has 3 heteroatoms. The van der Waals surface area contributed by atoms with Gasteiger partial charge < -0.3 is 5.73 Å². The molecule has 2 aromatic carbocycles. The summed E-state index contributed by atoms with van der Waals surface area (Å²) in [5.41, 5.74) is 10.1. The van der Waals surface area contributed by atoms with Gasteiger partial charge in [-0.15, -0.1) is 0 Å². The fourth-order valence-electron chi connectivity index (χ4n) is 2.84. The summed E-state index contributed by atoms with van der Waals surface area (Å²) in [6.07, 6.45) is 0. The van der Waals surface area contributed by atoms with E-state index in [1.807, 2.05) is 0 Å². The Bertz CT molecular complexity index is 569. The van der Waals surface area contributed by atoms with Crippen LogP contribution in [0.5, 0.6) is 0 Å². The van der Waals surface area contributed by atoms with Crippen molar-refractivity contribution in [1.29, 1.82) is 0 Å². The quantitative estimate of drug-likeness (QED) is 0.927. The SMILES string of the molecule is CC(C(N)c1ccc(F)cc1)N1Cc2ccccc2C1. The number of nitrogens with two attached hydrogens (primary N) is 1. The minimum absolute atomic E-state index is 0.107. The first kappa shape index (κ1) is 13.3. The lowest BCUT2D eigenvalue weighted by atomic mass is 10.0. The molecule has 0 bridgehead atoms. The normalized spacial score (nSPS) is 17.8. The Morgan fingerprint density at radius 3 is 2.10 bits per heavy atom. The Balaban J connectivity index is 1.74. The smallest absolute Gasteiger partial charge is 0.123 e. The van der Waals surface area contributed by atoms with E-state index in [0.29, 0.717) is 0 Å². The van der Waals surface area contributed by atoms with E-state index in [9.17, 15) is 4.39 Å². The summed E-state index contributed by atoms with van der Waals surface area (Å²) in [6.45, 7) is 4.01. The lowest BCUT2D eigenvalue weighted by molar-refractivity contribution is 0.186. The highest BCUT2D eigenvalue weighted by Crippen LogP contribution is 2.28. The van der Waals surface area contributed by atoms with Crippen molar-refractivity contribution < 1.29 is 4.39 Å². The molecule has 0 fully saturated rings. The van der Waals surface area contributed by atoms with Gasteiger partial charge in [-0.25, -0.2) is 4.39 Å². The summed E-state index contributed by atoms with van der Waals surface area (Å²) >= 11 is 0. The lowest BCUT2D eigenvalue weighted by Crippen LogP contribution is -2.37. The zero-order valence-electron chi connectivity index (χ0n) is 11.6. The molecule has 0 amide bonds. The zero-order valence-corrected chi connectivity index (χ0v) is 11.6. The van der Waals surface area contributed by atoms with E-state index < -0.39 is 0 Å². The largest absolute Gasteiger partial charge is 0.323 e. The van der Waals surface area contributed by atoms with Crippen molar-refractivity contribution in [2.24, 2.45) is 5.73 Å². The summed E-state index contributed by atoms with van der Waals surface area (Å²) in [6, 6.07) is 15.1. The van der Waals surface area contributed by atoms with Crippen LogP contribution in [0.4, 0.5) is 4.39 Å². The third-order valence-corrected chi connectivity index (χ3v) is 4.22.